The van der Waals surface area contributed by atoms with Gasteiger partial charge in [-0.05, 0) is 36.2 Å². The zero-order chi connectivity index (χ0) is 22.0. The number of aromatic nitrogens is 2. The van der Waals surface area contributed by atoms with Crippen LogP contribution in [0.4, 0.5) is 14.6 Å². The summed E-state index contributed by atoms with van der Waals surface area (Å²) >= 11 is 0. The molecule has 0 aliphatic carbocycles. The summed E-state index contributed by atoms with van der Waals surface area (Å²) in [6.07, 6.45) is 0.973. The number of hydrogen-bond donors (Lipinski definition) is 0. The third-order valence-corrected chi connectivity index (χ3v) is 7.31. The maximum atomic E-state index is 14.0. The number of sulfonamides is 1. The fourth-order valence-electron chi connectivity index (χ4n) is 3.54. The molecule has 3 aromatic rings. The first-order valence-corrected chi connectivity index (χ1v) is 11.5. The van der Waals surface area contributed by atoms with Gasteiger partial charge in [-0.3, -0.25) is 0 Å². The van der Waals surface area contributed by atoms with Crippen LogP contribution in [-0.2, 0) is 16.4 Å². The zero-order valence-corrected chi connectivity index (χ0v) is 17.8. The van der Waals surface area contributed by atoms with Gasteiger partial charge in [0, 0.05) is 37.8 Å². The summed E-state index contributed by atoms with van der Waals surface area (Å²) in [4.78, 5) is 1.42. The Balaban J connectivity index is 1.43. The van der Waals surface area contributed by atoms with Crippen molar-refractivity contribution in [2.45, 2.75) is 18.2 Å². The molecular weight excluding hydrogens is 422 g/mol. The lowest BCUT2D eigenvalue weighted by atomic mass is 10.1. The molecule has 1 aliphatic rings. The van der Waals surface area contributed by atoms with Crippen molar-refractivity contribution < 1.29 is 17.2 Å². The Morgan fingerprint density at radius 1 is 0.903 bits per heavy atom. The number of hydrogen-bond acceptors (Lipinski definition) is 5. The van der Waals surface area contributed by atoms with E-state index in [9.17, 15) is 17.2 Å². The van der Waals surface area contributed by atoms with Gasteiger partial charge in [-0.1, -0.05) is 31.2 Å². The molecule has 1 fully saturated rings. The van der Waals surface area contributed by atoms with Gasteiger partial charge in [0.25, 0.3) is 0 Å². The maximum absolute atomic E-state index is 14.0. The minimum absolute atomic E-state index is 0.168. The normalized spacial score (nSPS) is 15.3. The Bertz CT molecular complexity index is 1160. The van der Waals surface area contributed by atoms with E-state index in [0.717, 1.165) is 29.8 Å². The minimum atomic E-state index is -4.03. The minimum Gasteiger partial charge on any atom is -0.352 e. The highest BCUT2D eigenvalue weighted by Crippen LogP contribution is 2.24. The summed E-state index contributed by atoms with van der Waals surface area (Å²) < 4.78 is 53.8. The van der Waals surface area contributed by atoms with Crippen molar-refractivity contribution in [2.24, 2.45) is 0 Å². The number of halogens is 2. The second kappa shape index (κ2) is 8.68. The van der Waals surface area contributed by atoms with Gasteiger partial charge in [0.2, 0.25) is 10.0 Å². The Kier molecular flexibility index (Phi) is 5.97. The third kappa shape index (κ3) is 4.42. The lowest BCUT2D eigenvalue weighted by Gasteiger charge is -2.34. The molecule has 0 radical (unpaired) electrons. The molecule has 1 aromatic heterocycles. The lowest BCUT2D eigenvalue weighted by molar-refractivity contribution is 0.381. The predicted molar refractivity (Wildman–Crippen MR) is 114 cm³/mol. The van der Waals surface area contributed by atoms with Crippen molar-refractivity contribution in [1.29, 1.82) is 0 Å². The van der Waals surface area contributed by atoms with E-state index < -0.39 is 26.6 Å². The smallest absolute Gasteiger partial charge is 0.246 e. The van der Waals surface area contributed by atoms with Gasteiger partial charge in [-0.25, -0.2) is 17.2 Å². The number of rotatable bonds is 5. The Labute approximate surface area is 180 Å². The molecule has 0 atom stereocenters. The molecule has 0 N–H and O–H groups in total. The molecule has 6 nitrogen and oxygen atoms in total. The summed E-state index contributed by atoms with van der Waals surface area (Å²) in [5, 5.41) is 8.60. The van der Waals surface area contributed by atoms with Crippen LogP contribution >= 0.6 is 0 Å². The van der Waals surface area contributed by atoms with Gasteiger partial charge in [-0.15, -0.1) is 10.2 Å². The van der Waals surface area contributed by atoms with Crippen LogP contribution in [0.2, 0.25) is 0 Å². The van der Waals surface area contributed by atoms with Gasteiger partial charge in [0.05, 0.1) is 5.69 Å². The fraction of sp³-hybridized carbons (Fsp3) is 0.273. The van der Waals surface area contributed by atoms with Crippen LogP contribution in [0.25, 0.3) is 11.3 Å². The summed E-state index contributed by atoms with van der Waals surface area (Å²) in [6, 6.07) is 14.4. The molecule has 0 spiro atoms. The first kappa shape index (κ1) is 21.3. The molecule has 0 unspecified atom stereocenters. The second-order valence-electron chi connectivity index (χ2n) is 7.29. The van der Waals surface area contributed by atoms with Gasteiger partial charge < -0.3 is 4.90 Å². The molecule has 2 heterocycles. The van der Waals surface area contributed by atoms with E-state index >= 15 is 0 Å². The summed E-state index contributed by atoms with van der Waals surface area (Å²) in [5.74, 6) is -1.25. The Morgan fingerprint density at radius 3 is 2.19 bits per heavy atom. The highest BCUT2D eigenvalue weighted by molar-refractivity contribution is 7.89. The maximum Gasteiger partial charge on any atom is 0.246 e. The van der Waals surface area contributed by atoms with E-state index in [2.05, 4.69) is 29.3 Å². The lowest BCUT2D eigenvalue weighted by Crippen LogP contribution is -2.49. The highest BCUT2D eigenvalue weighted by Gasteiger charge is 2.31. The largest absolute Gasteiger partial charge is 0.352 e. The fourth-order valence-corrected chi connectivity index (χ4v) is 5.01. The number of aryl methyl sites for hydroxylation is 1. The number of benzene rings is 2. The topological polar surface area (TPSA) is 66.4 Å². The van der Waals surface area contributed by atoms with Crippen molar-refractivity contribution in [3.8, 4) is 11.3 Å². The standard InChI is InChI=1S/C22H22F2N4O2S/c1-2-16-3-5-17(6-4-16)20-8-10-22(26-25-20)27-11-13-28(14-12-27)31(29,30)21-9-7-18(23)15-19(21)24/h3-10,15H,2,11-14H2,1H3. The van der Waals surface area contributed by atoms with Crippen molar-refractivity contribution in [3.63, 3.8) is 0 Å². The third-order valence-electron chi connectivity index (χ3n) is 5.38. The van der Waals surface area contributed by atoms with Crippen LogP contribution in [0.3, 0.4) is 0 Å². The van der Waals surface area contributed by atoms with Gasteiger partial charge >= 0.3 is 0 Å². The van der Waals surface area contributed by atoms with Gasteiger partial charge in [0.1, 0.15) is 16.5 Å². The van der Waals surface area contributed by atoms with Crippen LogP contribution in [0, 0.1) is 11.6 Å². The average Bonchev–Trinajstić information content (AvgIpc) is 2.79. The van der Waals surface area contributed by atoms with Crippen LogP contribution in [0.5, 0.6) is 0 Å². The quantitative estimate of drug-likeness (QED) is 0.603. The summed E-state index contributed by atoms with van der Waals surface area (Å²) in [5.41, 5.74) is 2.99. The molecule has 0 bridgehead atoms. The first-order valence-electron chi connectivity index (χ1n) is 10.0. The van der Waals surface area contributed by atoms with E-state index in [0.29, 0.717) is 25.0 Å². The van der Waals surface area contributed by atoms with E-state index in [-0.39, 0.29) is 13.1 Å². The first-order chi connectivity index (χ1) is 14.9. The van der Waals surface area contributed by atoms with Crippen LogP contribution in [0.15, 0.2) is 59.5 Å². The molecule has 162 valence electrons. The monoisotopic (exact) mass is 444 g/mol. The average molecular weight is 445 g/mol. The van der Waals surface area contributed by atoms with Crippen LogP contribution in [-0.4, -0.2) is 49.1 Å². The predicted octanol–water partition coefficient (Wildman–Crippen LogP) is 3.50. The molecule has 0 amide bonds. The molecule has 1 aliphatic heterocycles. The molecular formula is C22H22F2N4O2S. The SMILES string of the molecule is CCc1ccc(-c2ccc(N3CCN(S(=O)(=O)c4ccc(F)cc4F)CC3)nn2)cc1. The van der Waals surface area contributed by atoms with E-state index in [4.69, 9.17) is 0 Å². The molecule has 2 aromatic carbocycles. The van der Waals surface area contributed by atoms with Crippen molar-refractivity contribution in [3.05, 3.63) is 71.8 Å². The van der Waals surface area contributed by atoms with Crippen LogP contribution < -0.4 is 4.90 Å². The number of anilines is 1. The molecule has 4 rings (SSSR count). The van der Waals surface area contributed by atoms with Crippen molar-refractivity contribution in [2.75, 3.05) is 31.1 Å². The van der Waals surface area contributed by atoms with Crippen molar-refractivity contribution in [1.82, 2.24) is 14.5 Å². The molecule has 0 saturated carbocycles. The van der Waals surface area contributed by atoms with Crippen LogP contribution in [0.1, 0.15) is 12.5 Å². The van der Waals surface area contributed by atoms with E-state index in [1.165, 1.54) is 9.87 Å². The van der Waals surface area contributed by atoms with Gasteiger partial charge in [-0.2, -0.15) is 4.31 Å². The van der Waals surface area contributed by atoms with E-state index in [1.807, 2.05) is 29.2 Å². The molecule has 31 heavy (non-hydrogen) atoms. The summed E-state index contributed by atoms with van der Waals surface area (Å²) in [6.45, 7) is 3.22. The zero-order valence-electron chi connectivity index (χ0n) is 17.0. The Hall–Kier alpha value is -2.91. The Morgan fingerprint density at radius 2 is 1.61 bits per heavy atom. The summed E-state index contributed by atoms with van der Waals surface area (Å²) in [7, 11) is -4.03. The highest BCUT2D eigenvalue weighted by atomic mass is 32.2. The second-order valence-corrected chi connectivity index (χ2v) is 9.20. The molecule has 9 heteroatoms. The van der Waals surface area contributed by atoms with Crippen molar-refractivity contribution >= 4 is 15.8 Å². The van der Waals surface area contributed by atoms with Gasteiger partial charge in [0.15, 0.2) is 5.82 Å². The van der Waals surface area contributed by atoms with E-state index in [1.54, 1.807) is 0 Å². The number of nitrogens with zero attached hydrogens (tertiary/aromatic N) is 4. The number of piperazine rings is 1. The molecule has 1 saturated heterocycles.